The van der Waals surface area contributed by atoms with Crippen molar-refractivity contribution in [2.24, 2.45) is 5.92 Å². The van der Waals surface area contributed by atoms with Crippen LogP contribution in [0, 0.1) is 12.8 Å². The fourth-order valence-corrected chi connectivity index (χ4v) is 3.71. The Kier molecular flexibility index (Phi) is 5.81. The number of rotatable bonds is 5. The van der Waals surface area contributed by atoms with Crippen LogP contribution in [0.3, 0.4) is 0 Å². The molecule has 1 aliphatic heterocycles. The number of nitrogens with one attached hydrogen (secondary N) is 1. The number of hydrogen-bond donors (Lipinski definition) is 1. The Labute approximate surface area is 179 Å². The van der Waals surface area contributed by atoms with Crippen LogP contribution in [0.5, 0.6) is 0 Å². The molecule has 6 heteroatoms. The average molecular weight is 411 g/mol. The first-order valence-electron chi connectivity index (χ1n) is 10.7. The van der Waals surface area contributed by atoms with Crippen LogP contribution in [0.4, 0.5) is 5.69 Å². The van der Waals surface area contributed by atoms with Crippen LogP contribution in [0.2, 0.25) is 0 Å². The number of anilines is 1. The normalized spacial score (nSPS) is 19.2. The summed E-state index contributed by atoms with van der Waals surface area (Å²) < 4.78 is 1.70. The number of amides is 2. The van der Waals surface area contributed by atoms with E-state index in [1.807, 2.05) is 44.2 Å². The molecule has 0 saturated carbocycles. The summed E-state index contributed by atoms with van der Waals surface area (Å²) in [6.07, 6.45) is 0.890. The van der Waals surface area contributed by atoms with E-state index in [0.717, 1.165) is 23.4 Å². The van der Waals surface area contributed by atoms with Gasteiger partial charge in [-0.25, -0.2) is 0 Å². The summed E-state index contributed by atoms with van der Waals surface area (Å²) in [5.74, 6) is 0.136. The van der Waals surface area contributed by atoms with Gasteiger partial charge in [-0.1, -0.05) is 52.3 Å². The van der Waals surface area contributed by atoms with Crippen molar-refractivity contribution in [1.29, 1.82) is 0 Å². The summed E-state index contributed by atoms with van der Waals surface area (Å²) in [5, 5.41) is 7.74. The highest BCUT2D eigenvalue weighted by Gasteiger charge is 2.49. The maximum atomic E-state index is 13.6. The predicted molar refractivity (Wildman–Crippen MR) is 120 cm³/mol. The van der Waals surface area contributed by atoms with Crippen molar-refractivity contribution in [2.45, 2.75) is 72.4 Å². The second-order valence-electron chi connectivity index (χ2n) is 10.0. The van der Waals surface area contributed by atoms with Crippen LogP contribution in [0.1, 0.15) is 69.7 Å². The molecule has 0 spiro atoms. The van der Waals surface area contributed by atoms with Gasteiger partial charge in [0.25, 0.3) is 5.91 Å². The van der Waals surface area contributed by atoms with Crippen LogP contribution in [-0.4, -0.2) is 33.7 Å². The molecule has 0 fully saturated rings. The molecular formula is C24H34N4O2. The van der Waals surface area contributed by atoms with Crippen molar-refractivity contribution >= 4 is 17.5 Å². The summed E-state index contributed by atoms with van der Waals surface area (Å²) in [5.41, 5.74) is 1.93. The molecular weight excluding hydrogens is 376 g/mol. The van der Waals surface area contributed by atoms with Crippen molar-refractivity contribution < 1.29 is 9.59 Å². The predicted octanol–water partition coefficient (Wildman–Crippen LogP) is 4.07. The Morgan fingerprint density at radius 3 is 2.43 bits per heavy atom. The molecule has 0 unspecified atom stereocenters. The maximum Gasteiger partial charge on any atom is 0.277 e. The monoisotopic (exact) mass is 410 g/mol. The molecule has 30 heavy (non-hydrogen) atoms. The van der Waals surface area contributed by atoms with Crippen LogP contribution in [0.25, 0.3) is 0 Å². The van der Waals surface area contributed by atoms with Crippen molar-refractivity contribution in [3.05, 3.63) is 47.3 Å². The number of aryl methyl sites for hydroxylation is 1. The molecule has 1 aromatic heterocycles. The quantitative estimate of drug-likeness (QED) is 0.808. The van der Waals surface area contributed by atoms with E-state index in [2.05, 4.69) is 39.9 Å². The molecule has 2 heterocycles. The summed E-state index contributed by atoms with van der Waals surface area (Å²) in [7, 11) is 0. The Bertz CT molecular complexity index is 937. The third kappa shape index (κ3) is 4.13. The molecule has 3 rings (SSSR count). The first-order valence-corrected chi connectivity index (χ1v) is 10.7. The largest absolute Gasteiger partial charge is 0.354 e. The molecule has 6 nitrogen and oxygen atoms in total. The summed E-state index contributed by atoms with van der Waals surface area (Å²) in [6, 6.07) is 9.60. The Morgan fingerprint density at radius 2 is 1.87 bits per heavy atom. The van der Waals surface area contributed by atoms with E-state index in [-0.39, 0.29) is 17.2 Å². The molecule has 1 aliphatic rings. The standard InChI is InChI=1S/C24H34N4O2/c1-16(2)12-13-25-22(30)24(7)15-27-19(14-20(26-27)23(4,5)6)21(29)28(24)18-10-8-17(3)9-11-18/h8-11,14,16H,12-13,15H2,1-7H3,(H,25,30)/t24-/m1/s1. The number of carbonyl (C=O) groups excluding carboxylic acids is 2. The van der Waals surface area contributed by atoms with Gasteiger partial charge in [0, 0.05) is 17.6 Å². The SMILES string of the molecule is Cc1ccc(N2C(=O)c3cc(C(C)(C)C)nn3C[C@]2(C)C(=O)NCCC(C)C)cc1. The van der Waals surface area contributed by atoms with Crippen LogP contribution < -0.4 is 10.2 Å². The van der Waals surface area contributed by atoms with Gasteiger partial charge in [0.15, 0.2) is 0 Å². The van der Waals surface area contributed by atoms with Crippen molar-refractivity contribution in [3.63, 3.8) is 0 Å². The lowest BCUT2D eigenvalue weighted by Gasteiger charge is -2.43. The smallest absolute Gasteiger partial charge is 0.277 e. The van der Waals surface area contributed by atoms with E-state index in [1.54, 1.807) is 9.58 Å². The van der Waals surface area contributed by atoms with Gasteiger partial charge in [0.05, 0.1) is 12.2 Å². The summed E-state index contributed by atoms with van der Waals surface area (Å²) in [6.45, 7) is 15.2. The zero-order valence-corrected chi connectivity index (χ0v) is 19.2. The van der Waals surface area contributed by atoms with Gasteiger partial charge in [-0.3, -0.25) is 19.2 Å². The van der Waals surface area contributed by atoms with E-state index in [9.17, 15) is 9.59 Å². The van der Waals surface area contributed by atoms with E-state index in [4.69, 9.17) is 5.10 Å². The first kappa shape index (κ1) is 22.1. The van der Waals surface area contributed by atoms with Crippen molar-refractivity contribution in [1.82, 2.24) is 15.1 Å². The summed E-state index contributed by atoms with van der Waals surface area (Å²) >= 11 is 0. The number of nitrogens with zero attached hydrogens (tertiary/aromatic N) is 3. The number of benzene rings is 1. The lowest BCUT2D eigenvalue weighted by Crippen LogP contribution is -2.64. The van der Waals surface area contributed by atoms with Crippen LogP contribution in [-0.2, 0) is 16.8 Å². The second-order valence-corrected chi connectivity index (χ2v) is 10.0. The minimum atomic E-state index is -1.07. The molecule has 2 aromatic rings. The van der Waals surface area contributed by atoms with E-state index < -0.39 is 5.54 Å². The van der Waals surface area contributed by atoms with Gasteiger partial charge < -0.3 is 5.32 Å². The lowest BCUT2D eigenvalue weighted by atomic mass is 9.91. The summed E-state index contributed by atoms with van der Waals surface area (Å²) in [4.78, 5) is 28.6. The third-order valence-electron chi connectivity index (χ3n) is 5.71. The Balaban J connectivity index is 2.05. The number of fused-ring (bicyclic) bond motifs is 1. The molecule has 162 valence electrons. The molecule has 2 amide bonds. The molecule has 0 saturated heterocycles. The van der Waals surface area contributed by atoms with Crippen molar-refractivity contribution in [2.75, 3.05) is 11.4 Å². The van der Waals surface area contributed by atoms with Gasteiger partial charge in [-0.2, -0.15) is 5.10 Å². The van der Waals surface area contributed by atoms with E-state index in [1.165, 1.54) is 0 Å². The van der Waals surface area contributed by atoms with Crippen molar-refractivity contribution in [3.8, 4) is 0 Å². The van der Waals surface area contributed by atoms with Gasteiger partial charge in [0.1, 0.15) is 11.2 Å². The number of carbonyl (C=O) groups is 2. The number of aromatic nitrogens is 2. The average Bonchev–Trinajstić information content (AvgIpc) is 3.07. The molecule has 0 bridgehead atoms. The lowest BCUT2D eigenvalue weighted by molar-refractivity contribution is -0.126. The molecule has 1 N–H and O–H groups in total. The van der Waals surface area contributed by atoms with E-state index in [0.29, 0.717) is 24.7 Å². The molecule has 1 atom stereocenters. The Hall–Kier alpha value is -2.63. The van der Waals surface area contributed by atoms with Gasteiger partial charge in [-0.05, 0) is 44.4 Å². The van der Waals surface area contributed by atoms with Crippen LogP contribution >= 0.6 is 0 Å². The molecule has 0 aliphatic carbocycles. The van der Waals surface area contributed by atoms with E-state index >= 15 is 0 Å². The van der Waals surface area contributed by atoms with Gasteiger partial charge >= 0.3 is 0 Å². The highest BCUT2D eigenvalue weighted by Crippen LogP contribution is 2.34. The fraction of sp³-hybridized carbons (Fsp3) is 0.542. The fourth-order valence-electron chi connectivity index (χ4n) is 3.71. The highest BCUT2D eigenvalue weighted by molar-refractivity contribution is 6.11. The van der Waals surface area contributed by atoms with Crippen LogP contribution in [0.15, 0.2) is 30.3 Å². The number of hydrogen-bond acceptors (Lipinski definition) is 3. The Morgan fingerprint density at radius 1 is 1.23 bits per heavy atom. The molecule has 0 radical (unpaired) electrons. The zero-order valence-electron chi connectivity index (χ0n) is 19.2. The van der Waals surface area contributed by atoms with Gasteiger partial charge in [-0.15, -0.1) is 0 Å². The third-order valence-corrected chi connectivity index (χ3v) is 5.71. The molecule has 1 aromatic carbocycles. The highest BCUT2D eigenvalue weighted by atomic mass is 16.2. The zero-order chi connectivity index (χ0) is 22.3. The first-order chi connectivity index (χ1) is 13.9. The second kappa shape index (κ2) is 7.89. The minimum Gasteiger partial charge on any atom is -0.354 e. The minimum absolute atomic E-state index is 0.157. The van der Waals surface area contributed by atoms with Gasteiger partial charge in [0.2, 0.25) is 5.91 Å². The topological polar surface area (TPSA) is 67.2 Å². The maximum absolute atomic E-state index is 13.6.